The molecule has 0 saturated heterocycles. The summed E-state index contributed by atoms with van der Waals surface area (Å²) in [5, 5.41) is 0. The van der Waals surface area contributed by atoms with E-state index in [1.54, 1.807) is 0 Å². The van der Waals surface area contributed by atoms with E-state index >= 15 is 0 Å². The van der Waals surface area contributed by atoms with Crippen LogP contribution in [-0.4, -0.2) is 9.97 Å². The molecule has 1 heterocycles. The molecule has 3 heteroatoms. The van der Waals surface area contributed by atoms with E-state index in [9.17, 15) is 0 Å². The molecule has 0 aliphatic carbocycles. The molecule has 1 atom stereocenters. The van der Waals surface area contributed by atoms with Crippen LogP contribution in [0.2, 0.25) is 0 Å². The Balaban J connectivity index is 3.81. The predicted molar refractivity (Wildman–Crippen MR) is 48.4 cm³/mol. The van der Waals surface area contributed by atoms with Gasteiger partial charge in [0.25, 0.3) is 0 Å². The Labute approximate surface area is 90.7 Å². The van der Waals surface area contributed by atoms with Gasteiger partial charge in [-0.25, -0.2) is 4.98 Å². The Morgan fingerprint density at radius 2 is 2.91 bits per heavy atom. The van der Waals surface area contributed by atoms with Gasteiger partial charge in [-0.3, -0.25) is 4.98 Å². The van der Waals surface area contributed by atoms with Crippen molar-refractivity contribution in [1.82, 2.24) is 9.97 Å². The average Bonchev–Trinajstić information content (AvgIpc) is 2.29. The van der Waals surface area contributed by atoms with Crippen molar-refractivity contribution in [2.75, 3.05) is 0 Å². The number of aromatic nitrogens is 2. The van der Waals surface area contributed by atoms with Crippen molar-refractivity contribution in [3.63, 3.8) is 0 Å². The summed E-state index contributed by atoms with van der Waals surface area (Å²) in [6.07, 6.45) is -5.00. The van der Waals surface area contributed by atoms with E-state index in [0.717, 1.165) is 0 Å². The Hall–Kier alpha value is -0.440. The van der Waals surface area contributed by atoms with Crippen LogP contribution in [0.3, 0.4) is 0 Å². The maximum absolute atomic E-state index is 8.08. The van der Waals surface area contributed by atoms with Gasteiger partial charge in [0.05, 0.1) is 14.6 Å². The van der Waals surface area contributed by atoms with Crippen LogP contribution >= 0.6 is 15.9 Å². The minimum absolute atomic E-state index is 0.319. The first-order valence-electron chi connectivity index (χ1n) is 8.08. The van der Waals surface area contributed by atoms with Crippen LogP contribution in [0.25, 0.3) is 0 Å². The first kappa shape index (κ1) is 2.08. The Kier molecular flexibility index (Phi) is 0.719. The van der Waals surface area contributed by atoms with E-state index in [-0.39, 0.29) is 4.60 Å². The summed E-state index contributed by atoms with van der Waals surface area (Å²) < 4.78 is 82.0. The Morgan fingerprint density at radius 1 is 2.00 bits per heavy atom. The molecule has 2 nitrogen and oxygen atoms in total. The van der Waals surface area contributed by atoms with Crippen LogP contribution in [0.4, 0.5) is 0 Å². The lowest BCUT2D eigenvalue weighted by molar-refractivity contribution is 0.700. The SMILES string of the molecule is [2H]c1nc([2H])c(C([2H])(C([2H])([2H])[2H])C([2H])([2H])C([2H])([2H])[2H])nc1Br. The Morgan fingerprint density at radius 3 is 3.64 bits per heavy atom. The highest BCUT2D eigenvalue weighted by molar-refractivity contribution is 9.10. The summed E-state index contributed by atoms with van der Waals surface area (Å²) in [6.45, 7) is -6.90. The molecule has 0 amide bonds. The number of rotatable bonds is 2. The maximum Gasteiger partial charge on any atom is 0.124 e. The summed E-state index contributed by atoms with van der Waals surface area (Å²) in [4.78, 5) is 6.88. The topological polar surface area (TPSA) is 25.8 Å². The molecule has 0 spiro atoms. The minimum Gasteiger partial charge on any atom is -0.260 e. The monoisotopic (exact) mass is 225 g/mol. The number of hydrogen-bond donors (Lipinski definition) is 0. The number of halogens is 1. The second kappa shape index (κ2) is 3.81. The van der Waals surface area contributed by atoms with Gasteiger partial charge in [-0.1, -0.05) is 13.7 Å². The van der Waals surface area contributed by atoms with E-state index in [0.29, 0.717) is 0 Å². The summed E-state index contributed by atoms with van der Waals surface area (Å²) >= 11 is 2.78. The van der Waals surface area contributed by atoms with Gasteiger partial charge in [-0.2, -0.15) is 0 Å². The quantitative estimate of drug-likeness (QED) is 0.774. The standard InChI is InChI=1S/C8H11BrN2/c1-3-6(2)7-4-10-5-8(9)11-7/h4-6H,3H2,1-2H3/i1D3,2D3,3D2,4D,5D,6D. The second-order valence-corrected chi connectivity index (χ2v) is 2.34. The first-order valence-corrected chi connectivity index (χ1v) is 3.38. The number of hydrogen-bond acceptors (Lipinski definition) is 2. The fourth-order valence-electron chi connectivity index (χ4n) is 0.446. The third-order valence-electron chi connectivity index (χ3n) is 0.882. The fourth-order valence-corrected chi connectivity index (χ4v) is 0.712. The lowest BCUT2D eigenvalue weighted by atomic mass is 10.1. The van der Waals surface area contributed by atoms with Gasteiger partial charge in [-0.05, 0) is 28.2 Å². The van der Waals surface area contributed by atoms with Gasteiger partial charge >= 0.3 is 0 Å². The summed E-state index contributed by atoms with van der Waals surface area (Å²) in [7, 11) is 0. The van der Waals surface area contributed by atoms with Crippen molar-refractivity contribution in [1.29, 1.82) is 0 Å². The second-order valence-electron chi connectivity index (χ2n) is 1.59. The van der Waals surface area contributed by atoms with E-state index in [4.69, 9.17) is 15.1 Å². The Bertz CT molecular complexity index is 581. The molecular formula is C8H11BrN2. The van der Waals surface area contributed by atoms with Crippen molar-refractivity contribution >= 4 is 15.9 Å². The fraction of sp³-hybridized carbons (Fsp3) is 0.500. The largest absolute Gasteiger partial charge is 0.260 e. The molecule has 1 rings (SSSR count). The van der Waals surface area contributed by atoms with Crippen molar-refractivity contribution in [2.24, 2.45) is 0 Å². The zero-order valence-corrected chi connectivity index (χ0v) is 6.86. The van der Waals surface area contributed by atoms with Crippen molar-refractivity contribution in [3.8, 4) is 0 Å². The minimum atomic E-state index is -3.54. The maximum atomic E-state index is 8.08. The molecule has 0 aromatic carbocycles. The van der Waals surface area contributed by atoms with E-state index in [1.807, 2.05) is 0 Å². The van der Waals surface area contributed by atoms with Gasteiger partial charge in [-0.15, -0.1) is 0 Å². The lowest BCUT2D eigenvalue weighted by Crippen LogP contribution is -1.96. The van der Waals surface area contributed by atoms with Gasteiger partial charge in [0.2, 0.25) is 0 Å². The normalized spacial score (nSPS) is 34.1. The zero-order chi connectivity index (χ0) is 17.7. The molecule has 60 valence electrons. The van der Waals surface area contributed by atoms with Crippen LogP contribution in [0.5, 0.6) is 0 Å². The van der Waals surface area contributed by atoms with Gasteiger partial charge < -0.3 is 0 Å². The molecular weight excluding hydrogens is 204 g/mol. The number of nitrogens with zero attached hydrogens (tertiary/aromatic N) is 2. The molecule has 1 aromatic heterocycles. The van der Waals surface area contributed by atoms with Crippen LogP contribution in [0.15, 0.2) is 16.9 Å². The van der Waals surface area contributed by atoms with Gasteiger partial charge in [0.1, 0.15) is 4.60 Å². The van der Waals surface area contributed by atoms with E-state index < -0.39 is 44.0 Å². The summed E-state index contributed by atoms with van der Waals surface area (Å²) in [6, 6.07) is 0. The summed E-state index contributed by atoms with van der Waals surface area (Å²) in [5.41, 5.74) is -0.975. The molecule has 1 unspecified atom stereocenters. The molecule has 0 N–H and O–H groups in total. The van der Waals surface area contributed by atoms with E-state index in [2.05, 4.69) is 25.9 Å². The van der Waals surface area contributed by atoms with Gasteiger partial charge in [0.15, 0.2) is 0 Å². The van der Waals surface area contributed by atoms with Gasteiger partial charge in [0, 0.05) is 18.5 Å². The molecule has 0 aliphatic heterocycles. The first-order chi connectivity index (χ1) is 9.57. The molecule has 11 heavy (non-hydrogen) atoms. The summed E-state index contributed by atoms with van der Waals surface area (Å²) in [5.74, 6) is -3.37. The zero-order valence-electron chi connectivity index (χ0n) is 16.3. The van der Waals surface area contributed by atoms with Crippen LogP contribution in [0, 0.1) is 0 Å². The highest BCUT2D eigenvalue weighted by Crippen LogP contribution is 2.16. The molecule has 0 bridgehead atoms. The smallest absolute Gasteiger partial charge is 0.124 e. The molecule has 0 fully saturated rings. The molecule has 0 radical (unpaired) electrons. The van der Waals surface area contributed by atoms with Crippen molar-refractivity contribution in [2.45, 2.75) is 26.0 Å². The van der Waals surface area contributed by atoms with Crippen LogP contribution in [-0.2, 0) is 0 Å². The van der Waals surface area contributed by atoms with Crippen LogP contribution in [0.1, 0.15) is 46.7 Å². The third-order valence-corrected chi connectivity index (χ3v) is 1.24. The van der Waals surface area contributed by atoms with Crippen LogP contribution < -0.4 is 0 Å². The highest BCUT2D eigenvalue weighted by atomic mass is 79.9. The van der Waals surface area contributed by atoms with Crippen molar-refractivity contribution < 1.29 is 15.1 Å². The van der Waals surface area contributed by atoms with Crippen molar-refractivity contribution in [3.05, 3.63) is 22.6 Å². The molecule has 0 saturated carbocycles. The predicted octanol–water partition coefficient (Wildman–Crippen LogP) is 2.75. The average molecular weight is 226 g/mol. The molecule has 0 aliphatic rings. The highest BCUT2D eigenvalue weighted by Gasteiger charge is 2.04. The van der Waals surface area contributed by atoms with E-state index in [1.165, 1.54) is 0 Å². The molecule has 1 aromatic rings. The lowest BCUT2D eigenvalue weighted by Gasteiger charge is -2.05. The third kappa shape index (κ3) is 2.26.